The van der Waals surface area contributed by atoms with Crippen LogP contribution in [0, 0.1) is 0 Å². The molecule has 5 nitrogen and oxygen atoms in total. The lowest BCUT2D eigenvalue weighted by atomic mass is 10.4. The molecule has 0 rings (SSSR count). The number of hydrogen-bond donors (Lipinski definition) is 3. The van der Waals surface area contributed by atoms with Crippen LogP contribution in [0.15, 0.2) is 12.7 Å². The highest BCUT2D eigenvalue weighted by Gasteiger charge is 1.86. The van der Waals surface area contributed by atoms with Crippen molar-refractivity contribution in [3.8, 4) is 0 Å². The highest BCUT2D eigenvalue weighted by molar-refractivity contribution is 5.86. The normalized spacial score (nSPS) is 7.42. The molecule has 0 aliphatic heterocycles. The van der Waals surface area contributed by atoms with Crippen LogP contribution in [0.2, 0.25) is 0 Å². The number of hydrogen-bond acceptors (Lipinski definition) is 2. The van der Waals surface area contributed by atoms with Gasteiger partial charge in [-0.05, 0) is 12.5 Å². The number of amides is 1. The van der Waals surface area contributed by atoms with Crippen molar-refractivity contribution in [3.05, 3.63) is 12.7 Å². The first-order valence-corrected chi connectivity index (χ1v) is 3.36. The third-order valence-corrected chi connectivity index (χ3v) is 0.735. The standard InChI is InChI=1S/C6H11NO.CH2O3/c1-3-5-7-6(8)4-2;2-1(3)4/h4H,2-3,5H2,1H3,(H,7,8);(H2,2,3,4). The molecule has 3 N–H and O–H groups in total. The van der Waals surface area contributed by atoms with Crippen LogP contribution in [0.5, 0.6) is 0 Å². The molecule has 0 saturated carbocycles. The second kappa shape index (κ2) is 9.48. The molecule has 0 aliphatic rings. The van der Waals surface area contributed by atoms with Gasteiger partial charge in [-0.25, -0.2) is 4.79 Å². The molecule has 0 spiro atoms. The summed E-state index contributed by atoms with van der Waals surface area (Å²) in [5.74, 6) is -0.0909. The van der Waals surface area contributed by atoms with Gasteiger partial charge in [0.05, 0.1) is 0 Å². The third kappa shape index (κ3) is 23.6. The minimum Gasteiger partial charge on any atom is -0.450 e. The van der Waals surface area contributed by atoms with E-state index in [0.717, 1.165) is 13.0 Å². The average Bonchev–Trinajstić information content (AvgIpc) is 1.99. The third-order valence-electron chi connectivity index (χ3n) is 0.735. The number of carbonyl (C=O) groups excluding carboxylic acids is 1. The Balaban J connectivity index is 0. The van der Waals surface area contributed by atoms with Gasteiger partial charge in [0.15, 0.2) is 0 Å². The van der Waals surface area contributed by atoms with Gasteiger partial charge in [0, 0.05) is 6.54 Å². The molecule has 12 heavy (non-hydrogen) atoms. The van der Waals surface area contributed by atoms with E-state index in [2.05, 4.69) is 11.9 Å². The highest BCUT2D eigenvalue weighted by atomic mass is 16.6. The Morgan fingerprint density at radius 1 is 1.50 bits per heavy atom. The van der Waals surface area contributed by atoms with E-state index >= 15 is 0 Å². The smallest absolute Gasteiger partial charge is 0.450 e. The first-order chi connectivity index (χ1) is 5.54. The van der Waals surface area contributed by atoms with Crippen molar-refractivity contribution < 1.29 is 19.8 Å². The Morgan fingerprint density at radius 3 is 2.17 bits per heavy atom. The number of nitrogens with one attached hydrogen (secondary N) is 1. The van der Waals surface area contributed by atoms with Gasteiger partial charge in [-0.3, -0.25) is 4.79 Å². The summed E-state index contributed by atoms with van der Waals surface area (Å²) < 4.78 is 0. The summed E-state index contributed by atoms with van der Waals surface area (Å²) in [4.78, 5) is 18.9. The van der Waals surface area contributed by atoms with Crippen LogP contribution in [-0.2, 0) is 4.79 Å². The predicted octanol–water partition coefficient (Wildman–Crippen LogP) is 0.921. The fraction of sp³-hybridized carbons (Fsp3) is 0.429. The summed E-state index contributed by atoms with van der Waals surface area (Å²) in [5, 5.41) is 16.6. The number of carboxylic acid groups (broad SMARTS) is 2. The van der Waals surface area contributed by atoms with Gasteiger partial charge in [0.2, 0.25) is 5.91 Å². The SMILES string of the molecule is C=CC(=O)NCCC.O=C(O)O. The van der Waals surface area contributed by atoms with E-state index in [0.29, 0.717) is 0 Å². The van der Waals surface area contributed by atoms with Crippen LogP contribution < -0.4 is 5.32 Å². The van der Waals surface area contributed by atoms with Crippen LogP contribution >= 0.6 is 0 Å². The molecule has 0 aromatic carbocycles. The maximum atomic E-state index is 10.3. The van der Waals surface area contributed by atoms with E-state index < -0.39 is 6.16 Å². The maximum Gasteiger partial charge on any atom is 0.503 e. The summed E-state index contributed by atoms with van der Waals surface area (Å²) in [5.41, 5.74) is 0. The second-order valence-corrected chi connectivity index (χ2v) is 1.78. The summed E-state index contributed by atoms with van der Waals surface area (Å²) in [7, 11) is 0. The molecule has 0 bridgehead atoms. The fourth-order valence-corrected chi connectivity index (χ4v) is 0.320. The highest BCUT2D eigenvalue weighted by Crippen LogP contribution is 1.70. The molecule has 0 saturated heterocycles. The molecule has 0 atom stereocenters. The van der Waals surface area contributed by atoms with Gasteiger partial charge in [-0.15, -0.1) is 0 Å². The van der Waals surface area contributed by atoms with E-state index in [1.54, 1.807) is 0 Å². The van der Waals surface area contributed by atoms with Crippen LogP contribution in [0.4, 0.5) is 4.79 Å². The summed E-state index contributed by atoms with van der Waals surface area (Å²) in [6.45, 7) is 6.05. The molecule has 0 heterocycles. The molecule has 0 aliphatic carbocycles. The molecule has 0 unspecified atom stereocenters. The van der Waals surface area contributed by atoms with Crippen molar-refractivity contribution in [2.24, 2.45) is 0 Å². The molecular weight excluding hydrogens is 162 g/mol. The van der Waals surface area contributed by atoms with Crippen LogP contribution in [0.25, 0.3) is 0 Å². The Morgan fingerprint density at radius 2 is 1.92 bits per heavy atom. The van der Waals surface area contributed by atoms with Crippen molar-refractivity contribution in [1.82, 2.24) is 5.32 Å². The van der Waals surface area contributed by atoms with Crippen LogP contribution in [0.3, 0.4) is 0 Å². The molecule has 5 heteroatoms. The zero-order valence-electron chi connectivity index (χ0n) is 6.91. The quantitative estimate of drug-likeness (QED) is 0.556. The van der Waals surface area contributed by atoms with Crippen LogP contribution in [0.1, 0.15) is 13.3 Å². The van der Waals surface area contributed by atoms with Gasteiger partial charge in [-0.2, -0.15) is 0 Å². The Kier molecular flexibility index (Phi) is 10.3. The van der Waals surface area contributed by atoms with Gasteiger partial charge in [0.1, 0.15) is 0 Å². The maximum absolute atomic E-state index is 10.3. The van der Waals surface area contributed by atoms with E-state index in [-0.39, 0.29) is 5.91 Å². The zero-order valence-corrected chi connectivity index (χ0v) is 6.91. The minimum absolute atomic E-state index is 0.0909. The first-order valence-electron chi connectivity index (χ1n) is 3.36. The monoisotopic (exact) mass is 175 g/mol. The molecule has 0 aromatic rings. The van der Waals surface area contributed by atoms with E-state index in [9.17, 15) is 4.79 Å². The lowest BCUT2D eigenvalue weighted by molar-refractivity contribution is -0.116. The van der Waals surface area contributed by atoms with Gasteiger partial charge in [0.25, 0.3) is 0 Å². The van der Waals surface area contributed by atoms with Gasteiger partial charge < -0.3 is 15.5 Å². The number of rotatable bonds is 3. The zero-order chi connectivity index (χ0) is 9.98. The fourth-order valence-electron chi connectivity index (χ4n) is 0.320. The number of carbonyl (C=O) groups is 2. The van der Waals surface area contributed by atoms with Gasteiger partial charge in [-0.1, -0.05) is 13.5 Å². The predicted molar refractivity (Wildman–Crippen MR) is 44.2 cm³/mol. The average molecular weight is 175 g/mol. The molecule has 0 radical (unpaired) electrons. The topological polar surface area (TPSA) is 86.6 Å². The molecule has 70 valence electrons. The van der Waals surface area contributed by atoms with Crippen LogP contribution in [-0.4, -0.2) is 28.8 Å². The summed E-state index contributed by atoms with van der Waals surface area (Å²) in [6.07, 6.45) is 0.412. The Hall–Kier alpha value is -1.52. The van der Waals surface area contributed by atoms with E-state index in [1.807, 2.05) is 6.92 Å². The van der Waals surface area contributed by atoms with Gasteiger partial charge >= 0.3 is 6.16 Å². The molecule has 1 amide bonds. The summed E-state index contributed by atoms with van der Waals surface area (Å²) in [6, 6.07) is 0. The van der Waals surface area contributed by atoms with Crippen molar-refractivity contribution in [3.63, 3.8) is 0 Å². The Labute approximate surface area is 70.7 Å². The van der Waals surface area contributed by atoms with E-state index in [1.165, 1.54) is 6.08 Å². The minimum atomic E-state index is -1.83. The first kappa shape index (κ1) is 13.1. The second-order valence-electron chi connectivity index (χ2n) is 1.78. The molecule has 0 fully saturated rings. The van der Waals surface area contributed by atoms with E-state index in [4.69, 9.17) is 15.0 Å². The Bertz CT molecular complexity index is 151. The van der Waals surface area contributed by atoms with Crippen molar-refractivity contribution >= 4 is 12.1 Å². The van der Waals surface area contributed by atoms with Crippen molar-refractivity contribution in [2.45, 2.75) is 13.3 Å². The molecule has 0 aromatic heterocycles. The lowest BCUT2D eigenvalue weighted by Crippen LogP contribution is -2.20. The van der Waals surface area contributed by atoms with Crippen molar-refractivity contribution in [2.75, 3.05) is 6.54 Å². The summed E-state index contributed by atoms with van der Waals surface area (Å²) >= 11 is 0. The largest absolute Gasteiger partial charge is 0.503 e. The lowest BCUT2D eigenvalue weighted by Gasteiger charge is -1.94. The van der Waals surface area contributed by atoms with Crippen molar-refractivity contribution in [1.29, 1.82) is 0 Å². The molecular formula is C7H13NO4.